The first-order valence-corrected chi connectivity index (χ1v) is 8.67. The number of hydrogen-bond donors (Lipinski definition) is 1. The molecule has 1 aliphatic rings. The third-order valence-electron chi connectivity index (χ3n) is 3.43. The first-order chi connectivity index (χ1) is 11.2. The van der Waals surface area contributed by atoms with Crippen LogP contribution in [-0.4, -0.2) is 26.9 Å². The van der Waals surface area contributed by atoms with Gasteiger partial charge in [-0.1, -0.05) is 0 Å². The zero-order valence-corrected chi connectivity index (χ0v) is 13.8. The van der Waals surface area contributed by atoms with Crippen LogP contribution in [0.3, 0.4) is 0 Å². The molecule has 1 N–H and O–H groups in total. The maximum absolute atomic E-state index is 12.2. The minimum absolute atomic E-state index is 0.296. The van der Waals surface area contributed by atoms with Gasteiger partial charge in [0.25, 0.3) is 5.91 Å². The number of aromatic nitrogens is 3. The summed E-state index contributed by atoms with van der Waals surface area (Å²) in [4.78, 5) is 20.7. The number of aryl methyl sites for hydroxylation is 1. The summed E-state index contributed by atoms with van der Waals surface area (Å²) in [5.41, 5.74) is 2.56. The van der Waals surface area contributed by atoms with E-state index in [2.05, 4.69) is 25.7 Å². The molecule has 8 heteroatoms. The smallest absolute Gasteiger partial charge is 0.277 e. The van der Waals surface area contributed by atoms with Crippen LogP contribution >= 0.6 is 22.9 Å². The Hall–Kier alpha value is -2.32. The highest BCUT2D eigenvalue weighted by Gasteiger charge is 2.16. The van der Waals surface area contributed by atoms with Crippen molar-refractivity contribution in [1.82, 2.24) is 14.3 Å². The van der Waals surface area contributed by atoms with Gasteiger partial charge in [-0.05, 0) is 42.2 Å². The summed E-state index contributed by atoms with van der Waals surface area (Å²) in [6.45, 7) is 2.57. The summed E-state index contributed by atoms with van der Waals surface area (Å²) >= 11 is 2.69. The standard InChI is InChI=1S/C15H12N4O2S2/c1-8-16-15(19-23-8)18-13(20)11-7-22-14(17-11)10-2-3-12-9(6-10)4-5-21-12/h2-3,6-7H,4-5H2,1H3,(H,18,19,20). The number of nitrogens with one attached hydrogen (secondary N) is 1. The van der Waals surface area contributed by atoms with Gasteiger partial charge in [-0.2, -0.15) is 4.37 Å². The number of hydrogen-bond acceptors (Lipinski definition) is 7. The Kier molecular flexibility index (Phi) is 3.55. The van der Waals surface area contributed by atoms with E-state index in [-0.39, 0.29) is 5.91 Å². The molecule has 23 heavy (non-hydrogen) atoms. The van der Waals surface area contributed by atoms with Gasteiger partial charge in [-0.15, -0.1) is 11.3 Å². The van der Waals surface area contributed by atoms with Gasteiger partial charge in [0.2, 0.25) is 5.95 Å². The molecule has 4 rings (SSSR count). The predicted octanol–water partition coefficient (Wildman–Crippen LogP) is 3.16. The second-order valence-corrected chi connectivity index (χ2v) is 6.86. The number of fused-ring (bicyclic) bond motifs is 1. The van der Waals surface area contributed by atoms with Crippen LogP contribution in [0.15, 0.2) is 23.6 Å². The highest BCUT2D eigenvalue weighted by atomic mass is 32.1. The van der Waals surface area contributed by atoms with Gasteiger partial charge in [-0.3, -0.25) is 10.1 Å². The normalized spacial score (nSPS) is 12.7. The molecule has 1 aromatic carbocycles. The average molecular weight is 344 g/mol. The Balaban J connectivity index is 1.55. The molecule has 0 saturated carbocycles. The molecule has 1 aliphatic heterocycles. The second-order valence-electron chi connectivity index (χ2n) is 5.05. The Morgan fingerprint density at radius 1 is 1.35 bits per heavy atom. The minimum atomic E-state index is -0.296. The van der Waals surface area contributed by atoms with Crippen molar-refractivity contribution in [1.29, 1.82) is 0 Å². The summed E-state index contributed by atoms with van der Waals surface area (Å²) in [7, 11) is 0. The number of benzene rings is 1. The third kappa shape index (κ3) is 2.82. The lowest BCUT2D eigenvalue weighted by molar-refractivity contribution is 0.102. The van der Waals surface area contributed by atoms with Crippen LogP contribution in [0.25, 0.3) is 10.6 Å². The number of rotatable bonds is 3. The minimum Gasteiger partial charge on any atom is -0.493 e. The van der Waals surface area contributed by atoms with Gasteiger partial charge in [0.15, 0.2) is 0 Å². The van der Waals surface area contributed by atoms with E-state index in [1.165, 1.54) is 28.4 Å². The molecule has 0 radical (unpaired) electrons. The molecule has 0 fully saturated rings. The Bertz CT molecular complexity index is 887. The molecule has 6 nitrogen and oxygen atoms in total. The first-order valence-electron chi connectivity index (χ1n) is 7.02. The van der Waals surface area contributed by atoms with Gasteiger partial charge in [0.05, 0.1) is 6.61 Å². The molecule has 3 aromatic rings. The maximum atomic E-state index is 12.2. The molecular formula is C15H12N4O2S2. The fourth-order valence-electron chi connectivity index (χ4n) is 2.35. The lowest BCUT2D eigenvalue weighted by atomic mass is 10.1. The zero-order valence-electron chi connectivity index (χ0n) is 12.2. The van der Waals surface area contributed by atoms with Crippen LogP contribution in [0.1, 0.15) is 21.1 Å². The number of thiazole rings is 1. The van der Waals surface area contributed by atoms with E-state index in [9.17, 15) is 4.79 Å². The van der Waals surface area contributed by atoms with Crippen LogP contribution in [0.5, 0.6) is 5.75 Å². The quantitative estimate of drug-likeness (QED) is 0.790. The molecule has 1 amide bonds. The van der Waals surface area contributed by atoms with Crippen molar-refractivity contribution < 1.29 is 9.53 Å². The first kappa shape index (κ1) is 14.3. The fourth-order valence-corrected chi connectivity index (χ4v) is 3.58. The molecule has 0 aliphatic carbocycles. The van der Waals surface area contributed by atoms with Crippen molar-refractivity contribution in [3.05, 3.63) is 39.8 Å². The lowest BCUT2D eigenvalue weighted by Crippen LogP contribution is -2.13. The predicted molar refractivity (Wildman–Crippen MR) is 89.3 cm³/mol. The van der Waals surface area contributed by atoms with Crippen molar-refractivity contribution >= 4 is 34.7 Å². The van der Waals surface area contributed by atoms with E-state index in [1.807, 2.05) is 19.1 Å². The molecule has 2 aromatic heterocycles. The summed E-state index contributed by atoms with van der Waals surface area (Å²) in [6, 6.07) is 6.00. The number of anilines is 1. The molecule has 0 unspecified atom stereocenters. The summed E-state index contributed by atoms with van der Waals surface area (Å²) in [6.07, 6.45) is 0.913. The fraction of sp³-hybridized carbons (Fsp3) is 0.200. The van der Waals surface area contributed by atoms with E-state index in [0.717, 1.165) is 34.4 Å². The molecule has 0 saturated heterocycles. The maximum Gasteiger partial charge on any atom is 0.277 e. The summed E-state index contributed by atoms with van der Waals surface area (Å²) in [5, 5.41) is 6.02. The molecular weight excluding hydrogens is 332 g/mol. The number of carbonyl (C=O) groups is 1. The highest BCUT2D eigenvalue weighted by molar-refractivity contribution is 7.13. The average Bonchev–Trinajstić information content (AvgIpc) is 3.26. The van der Waals surface area contributed by atoms with Crippen molar-refractivity contribution in [3.8, 4) is 16.3 Å². The van der Waals surface area contributed by atoms with Gasteiger partial charge < -0.3 is 4.74 Å². The zero-order chi connectivity index (χ0) is 15.8. The monoisotopic (exact) mass is 344 g/mol. The van der Waals surface area contributed by atoms with E-state index in [0.29, 0.717) is 11.6 Å². The highest BCUT2D eigenvalue weighted by Crippen LogP contribution is 2.31. The van der Waals surface area contributed by atoms with Crippen LogP contribution in [0.2, 0.25) is 0 Å². The largest absolute Gasteiger partial charge is 0.493 e. The van der Waals surface area contributed by atoms with E-state index in [1.54, 1.807) is 5.38 Å². The van der Waals surface area contributed by atoms with E-state index < -0.39 is 0 Å². The topological polar surface area (TPSA) is 77.0 Å². The summed E-state index contributed by atoms with van der Waals surface area (Å²) < 4.78 is 9.55. The van der Waals surface area contributed by atoms with E-state index in [4.69, 9.17) is 4.74 Å². The number of ether oxygens (including phenoxy) is 1. The molecule has 0 spiro atoms. The SMILES string of the molecule is Cc1nc(NC(=O)c2csc(-c3ccc4c(c3)CCO4)n2)ns1. The molecule has 3 heterocycles. The van der Waals surface area contributed by atoms with Gasteiger partial charge in [0, 0.05) is 17.4 Å². The molecule has 0 atom stereocenters. The van der Waals surface area contributed by atoms with E-state index >= 15 is 0 Å². The van der Waals surface area contributed by atoms with Crippen LogP contribution in [-0.2, 0) is 6.42 Å². The summed E-state index contributed by atoms with van der Waals surface area (Å²) in [5.74, 6) is 0.963. The number of amides is 1. The third-order valence-corrected chi connectivity index (χ3v) is 4.94. The van der Waals surface area contributed by atoms with Gasteiger partial charge in [0.1, 0.15) is 21.5 Å². The van der Waals surface area contributed by atoms with Gasteiger partial charge >= 0.3 is 0 Å². The number of carbonyl (C=O) groups excluding carboxylic acids is 1. The Morgan fingerprint density at radius 3 is 3.09 bits per heavy atom. The Morgan fingerprint density at radius 2 is 2.26 bits per heavy atom. The molecule has 116 valence electrons. The molecule has 0 bridgehead atoms. The van der Waals surface area contributed by atoms with Crippen molar-refractivity contribution in [2.45, 2.75) is 13.3 Å². The van der Waals surface area contributed by atoms with Crippen molar-refractivity contribution in [3.63, 3.8) is 0 Å². The van der Waals surface area contributed by atoms with Crippen LogP contribution < -0.4 is 10.1 Å². The van der Waals surface area contributed by atoms with Crippen LogP contribution in [0.4, 0.5) is 5.95 Å². The van der Waals surface area contributed by atoms with Crippen molar-refractivity contribution in [2.24, 2.45) is 0 Å². The lowest BCUT2D eigenvalue weighted by Gasteiger charge is -2.01. The van der Waals surface area contributed by atoms with Crippen LogP contribution in [0, 0.1) is 6.92 Å². The van der Waals surface area contributed by atoms with Gasteiger partial charge in [-0.25, -0.2) is 9.97 Å². The number of nitrogens with zero attached hydrogens (tertiary/aromatic N) is 3. The second kappa shape index (κ2) is 5.71. The van der Waals surface area contributed by atoms with Crippen molar-refractivity contribution in [2.75, 3.05) is 11.9 Å². The Labute approximate surface area is 140 Å².